The average Bonchev–Trinajstić information content (AvgIpc) is 3.31. The molecule has 0 unspecified atom stereocenters. The van der Waals surface area contributed by atoms with Gasteiger partial charge in [-0.05, 0) is 38.5 Å². The zero-order valence-corrected chi connectivity index (χ0v) is 18.8. The summed E-state index contributed by atoms with van der Waals surface area (Å²) >= 11 is 2.14. The van der Waals surface area contributed by atoms with Crippen molar-refractivity contribution in [3.63, 3.8) is 0 Å². The van der Waals surface area contributed by atoms with Crippen LogP contribution in [0.15, 0.2) is 41.8 Å². The SMILES string of the molecule is Cc1c(C(N)=O)sc(NC(=O)CSc2nncn2-c2ccccc2)c1C(=O)OC(C)C. The molecular weight excluding hydrogens is 438 g/mol. The fourth-order valence-corrected chi connectivity index (χ4v) is 4.53. The first-order valence-electron chi connectivity index (χ1n) is 9.30. The monoisotopic (exact) mass is 459 g/mol. The summed E-state index contributed by atoms with van der Waals surface area (Å²) in [6.07, 6.45) is 1.21. The number of amides is 2. The predicted octanol–water partition coefficient (Wildman–Crippen LogP) is 3.03. The van der Waals surface area contributed by atoms with Crippen molar-refractivity contribution in [2.24, 2.45) is 5.73 Å². The van der Waals surface area contributed by atoms with Crippen LogP contribution in [0, 0.1) is 6.92 Å². The van der Waals surface area contributed by atoms with Crippen molar-refractivity contribution in [2.75, 3.05) is 11.1 Å². The van der Waals surface area contributed by atoms with E-state index in [1.54, 1.807) is 31.7 Å². The second kappa shape index (κ2) is 9.75. The Balaban J connectivity index is 1.75. The van der Waals surface area contributed by atoms with Crippen molar-refractivity contribution in [1.29, 1.82) is 0 Å². The van der Waals surface area contributed by atoms with Crippen molar-refractivity contribution in [2.45, 2.75) is 32.0 Å². The van der Waals surface area contributed by atoms with Crippen molar-refractivity contribution in [1.82, 2.24) is 14.8 Å². The molecule has 2 heterocycles. The third-order valence-corrected chi connectivity index (χ3v) is 6.22. The number of thioether (sulfide) groups is 1. The minimum atomic E-state index is -0.674. The van der Waals surface area contributed by atoms with Crippen molar-refractivity contribution >= 4 is 45.9 Å². The van der Waals surface area contributed by atoms with Crippen LogP contribution in [0.3, 0.4) is 0 Å². The van der Waals surface area contributed by atoms with Gasteiger partial charge in [0.05, 0.1) is 22.3 Å². The highest BCUT2D eigenvalue weighted by Gasteiger charge is 2.26. The molecule has 0 fully saturated rings. The Morgan fingerprint density at radius 3 is 2.61 bits per heavy atom. The van der Waals surface area contributed by atoms with Gasteiger partial charge in [-0.25, -0.2) is 4.79 Å². The lowest BCUT2D eigenvalue weighted by atomic mass is 10.1. The fourth-order valence-electron chi connectivity index (χ4n) is 2.74. The maximum Gasteiger partial charge on any atom is 0.341 e. The number of anilines is 1. The largest absolute Gasteiger partial charge is 0.459 e. The molecule has 0 aliphatic carbocycles. The summed E-state index contributed by atoms with van der Waals surface area (Å²) < 4.78 is 7.02. The lowest BCUT2D eigenvalue weighted by Gasteiger charge is -2.10. The van der Waals surface area contributed by atoms with Crippen LogP contribution in [0.2, 0.25) is 0 Å². The smallest absolute Gasteiger partial charge is 0.341 e. The summed E-state index contributed by atoms with van der Waals surface area (Å²) in [7, 11) is 0. The molecule has 0 radical (unpaired) electrons. The molecule has 0 atom stereocenters. The lowest BCUT2D eigenvalue weighted by Crippen LogP contribution is -2.18. The number of esters is 1. The van der Waals surface area contributed by atoms with E-state index >= 15 is 0 Å². The zero-order chi connectivity index (χ0) is 22.5. The number of nitrogens with two attached hydrogens (primary N) is 1. The number of carbonyl (C=O) groups is 3. The van der Waals surface area contributed by atoms with Crippen LogP contribution in [-0.2, 0) is 9.53 Å². The van der Waals surface area contributed by atoms with Crippen LogP contribution >= 0.6 is 23.1 Å². The Morgan fingerprint density at radius 1 is 1.26 bits per heavy atom. The molecule has 9 nitrogen and oxygen atoms in total. The van der Waals surface area contributed by atoms with Gasteiger partial charge in [0, 0.05) is 5.69 Å². The molecule has 11 heteroatoms. The van der Waals surface area contributed by atoms with E-state index in [4.69, 9.17) is 10.5 Å². The molecule has 31 heavy (non-hydrogen) atoms. The number of benzene rings is 1. The maximum atomic E-state index is 12.6. The average molecular weight is 460 g/mol. The van der Waals surface area contributed by atoms with E-state index in [0.29, 0.717) is 10.7 Å². The number of rotatable bonds is 8. The van der Waals surface area contributed by atoms with Crippen LogP contribution < -0.4 is 11.1 Å². The second-order valence-electron chi connectivity index (χ2n) is 6.73. The van der Waals surface area contributed by atoms with E-state index < -0.39 is 11.9 Å². The highest BCUT2D eigenvalue weighted by Crippen LogP contribution is 2.34. The Labute approximate surface area is 187 Å². The van der Waals surface area contributed by atoms with Gasteiger partial charge in [-0.3, -0.25) is 14.2 Å². The second-order valence-corrected chi connectivity index (χ2v) is 8.70. The number of hydrogen-bond acceptors (Lipinski definition) is 8. The number of primary amides is 1. The van der Waals surface area contributed by atoms with Crippen LogP contribution in [0.1, 0.15) is 39.4 Å². The number of nitrogens with one attached hydrogen (secondary N) is 1. The predicted molar refractivity (Wildman–Crippen MR) is 119 cm³/mol. The Morgan fingerprint density at radius 2 is 1.97 bits per heavy atom. The molecule has 2 aromatic heterocycles. The van der Waals surface area contributed by atoms with Crippen LogP contribution in [0.4, 0.5) is 5.00 Å². The standard InChI is InChI=1S/C20H21N5O4S2/c1-11(2)29-19(28)15-12(3)16(17(21)27)31-18(15)23-14(26)9-30-20-24-22-10-25(20)13-7-5-4-6-8-13/h4-8,10-11H,9H2,1-3H3,(H2,21,27)(H,23,26). The number of aromatic nitrogens is 3. The summed E-state index contributed by atoms with van der Waals surface area (Å²) in [4.78, 5) is 37.0. The zero-order valence-electron chi connectivity index (χ0n) is 17.1. The van der Waals surface area contributed by atoms with E-state index in [1.165, 1.54) is 11.8 Å². The number of para-hydroxylation sites is 1. The van der Waals surface area contributed by atoms with Gasteiger partial charge in [-0.2, -0.15) is 0 Å². The number of ether oxygens (including phenoxy) is 1. The molecule has 3 aromatic rings. The molecular formula is C20H21N5O4S2. The van der Waals surface area contributed by atoms with Gasteiger partial charge in [0.2, 0.25) is 5.91 Å². The van der Waals surface area contributed by atoms with Gasteiger partial charge in [-0.1, -0.05) is 30.0 Å². The number of thiophene rings is 1. The van der Waals surface area contributed by atoms with E-state index in [1.807, 2.05) is 30.3 Å². The maximum absolute atomic E-state index is 12.6. The highest BCUT2D eigenvalue weighted by molar-refractivity contribution is 7.99. The van der Waals surface area contributed by atoms with Crippen molar-refractivity contribution in [3.8, 4) is 5.69 Å². The molecule has 0 bridgehead atoms. The summed E-state index contributed by atoms with van der Waals surface area (Å²) in [5, 5.41) is 11.4. The van der Waals surface area contributed by atoms with Gasteiger partial charge in [0.1, 0.15) is 11.3 Å². The summed E-state index contributed by atoms with van der Waals surface area (Å²) in [6.45, 7) is 5.03. The first-order chi connectivity index (χ1) is 14.8. The van der Waals surface area contributed by atoms with Crippen molar-refractivity contribution in [3.05, 3.63) is 52.7 Å². The topological polar surface area (TPSA) is 129 Å². The Hall–Kier alpha value is -3.18. The lowest BCUT2D eigenvalue weighted by molar-refractivity contribution is -0.113. The van der Waals surface area contributed by atoms with Gasteiger partial charge in [0.15, 0.2) is 5.16 Å². The Bertz CT molecular complexity index is 1110. The third kappa shape index (κ3) is 5.30. The molecule has 0 aliphatic rings. The van der Waals surface area contributed by atoms with E-state index in [2.05, 4.69) is 15.5 Å². The third-order valence-electron chi connectivity index (χ3n) is 4.05. The van der Waals surface area contributed by atoms with E-state index in [0.717, 1.165) is 17.0 Å². The molecule has 1 aromatic carbocycles. The van der Waals surface area contributed by atoms with Gasteiger partial charge in [0.25, 0.3) is 5.91 Å². The quantitative estimate of drug-likeness (QED) is 0.391. The minimum absolute atomic E-state index is 0.0209. The Kier molecular flexibility index (Phi) is 7.08. The first-order valence-corrected chi connectivity index (χ1v) is 11.1. The van der Waals surface area contributed by atoms with Crippen LogP contribution in [0.5, 0.6) is 0 Å². The number of nitrogens with zero attached hydrogens (tertiary/aromatic N) is 3. The molecule has 3 rings (SSSR count). The van der Waals surface area contributed by atoms with Crippen molar-refractivity contribution < 1.29 is 19.1 Å². The molecule has 0 spiro atoms. The normalized spacial score (nSPS) is 10.8. The van der Waals surface area contributed by atoms with Gasteiger partial charge in [-0.15, -0.1) is 21.5 Å². The molecule has 3 N–H and O–H groups in total. The molecule has 0 aliphatic heterocycles. The molecule has 0 saturated carbocycles. The number of hydrogen-bond donors (Lipinski definition) is 2. The minimum Gasteiger partial charge on any atom is -0.459 e. The number of carbonyl (C=O) groups excluding carboxylic acids is 3. The van der Waals surface area contributed by atoms with Crippen LogP contribution in [0.25, 0.3) is 5.69 Å². The highest BCUT2D eigenvalue weighted by atomic mass is 32.2. The van der Waals surface area contributed by atoms with E-state index in [-0.39, 0.29) is 33.2 Å². The first kappa shape index (κ1) is 22.5. The summed E-state index contributed by atoms with van der Waals surface area (Å²) in [5.41, 5.74) is 6.80. The molecule has 162 valence electrons. The molecule has 2 amide bonds. The summed E-state index contributed by atoms with van der Waals surface area (Å²) in [6, 6.07) is 9.49. The fraction of sp³-hybridized carbons (Fsp3) is 0.250. The van der Waals surface area contributed by atoms with Crippen LogP contribution in [-0.4, -0.2) is 44.4 Å². The van der Waals surface area contributed by atoms with E-state index in [9.17, 15) is 14.4 Å². The summed E-state index contributed by atoms with van der Waals surface area (Å²) in [5.74, 6) is -1.65. The molecule has 0 saturated heterocycles. The van der Waals surface area contributed by atoms with Gasteiger partial charge >= 0.3 is 5.97 Å². The van der Waals surface area contributed by atoms with Gasteiger partial charge < -0.3 is 15.8 Å².